The lowest BCUT2D eigenvalue weighted by atomic mass is 9.84. The Labute approximate surface area is 239 Å². The Balaban J connectivity index is 0.000000154. The van der Waals surface area contributed by atoms with Crippen LogP contribution in [0.2, 0.25) is 0 Å². The van der Waals surface area contributed by atoms with Crippen LogP contribution in [0.1, 0.15) is 69.5 Å². The van der Waals surface area contributed by atoms with Crippen molar-refractivity contribution in [1.29, 1.82) is 0 Å². The fraction of sp³-hybridized carbons (Fsp3) is 0.531. The molecule has 0 bridgehead atoms. The van der Waals surface area contributed by atoms with Crippen LogP contribution in [0.15, 0.2) is 55.0 Å². The van der Waals surface area contributed by atoms with Gasteiger partial charge >= 0.3 is 0 Å². The molecular weight excluding hydrogens is 504 g/mol. The van der Waals surface area contributed by atoms with Gasteiger partial charge in [-0.1, -0.05) is 13.8 Å². The molecular formula is C32H46N4O4. The molecule has 8 nitrogen and oxygen atoms in total. The van der Waals surface area contributed by atoms with Gasteiger partial charge in [0.05, 0.1) is 30.8 Å². The van der Waals surface area contributed by atoms with Gasteiger partial charge in [0.1, 0.15) is 23.4 Å². The first-order valence-electron chi connectivity index (χ1n) is 14.3. The van der Waals surface area contributed by atoms with Crippen molar-refractivity contribution < 1.29 is 19.7 Å². The number of nitrogens with two attached hydrogens (primary N) is 1. The molecule has 218 valence electrons. The third kappa shape index (κ3) is 11.5. The van der Waals surface area contributed by atoms with Crippen LogP contribution in [0.4, 0.5) is 0 Å². The minimum Gasteiger partial charge on any atom is -0.506 e. The molecule has 40 heavy (non-hydrogen) atoms. The highest BCUT2D eigenvalue weighted by Crippen LogP contribution is 2.30. The molecule has 0 unspecified atom stereocenters. The monoisotopic (exact) mass is 550 g/mol. The first-order chi connectivity index (χ1) is 19.0. The standard InChI is InChI=1S/C11H15NO.C10H14N2O.C6H7NO.C5H10O/c1-8-5-11(6-8)13-10-4-3-9(2)12-7-10;1-7-2-3-9(6-12-7)13-10-4-8(11)5-10;1-5-2-3-6(8)4-7-5;1-4-2-5(6)3-4/h3-4,7-8,11H,5-6H2,1-2H3;2-3,6,8,10H,4-5,11H2,1H3;2-4,8H,1H3;4-6H,2-3H2,1H3. The predicted molar refractivity (Wildman–Crippen MR) is 157 cm³/mol. The second-order valence-corrected chi connectivity index (χ2v) is 11.4. The van der Waals surface area contributed by atoms with Gasteiger partial charge in [-0.05, 0) is 108 Å². The molecule has 0 aromatic carbocycles. The van der Waals surface area contributed by atoms with Crippen molar-refractivity contribution in [3.63, 3.8) is 0 Å². The molecule has 6 rings (SSSR count). The Hall–Kier alpha value is -3.23. The first kappa shape index (κ1) is 31.3. The summed E-state index contributed by atoms with van der Waals surface area (Å²) in [6.07, 6.45) is 12.1. The number of pyridine rings is 3. The normalized spacial score (nSPS) is 25.9. The highest BCUT2D eigenvalue weighted by Gasteiger charge is 2.28. The van der Waals surface area contributed by atoms with Gasteiger partial charge in [-0.15, -0.1) is 0 Å². The number of aliphatic hydroxyl groups is 1. The fourth-order valence-corrected chi connectivity index (χ4v) is 4.38. The molecule has 4 N–H and O–H groups in total. The van der Waals surface area contributed by atoms with E-state index in [0.717, 1.165) is 66.1 Å². The number of hydrogen-bond donors (Lipinski definition) is 3. The summed E-state index contributed by atoms with van der Waals surface area (Å²) >= 11 is 0. The Kier molecular flexibility index (Phi) is 12.2. The van der Waals surface area contributed by atoms with Gasteiger partial charge in [-0.2, -0.15) is 0 Å². The summed E-state index contributed by atoms with van der Waals surface area (Å²) in [6.45, 7) is 10.2. The molecule has 3 aromatic heterocycles. The van der Waals surface area contributed by atoms with Gasteiger partial charge in [-0.25, -0.2) is 0 Å². The summed E-state index contributed by atoms with van der Waals surface area (Å²) in [7, 11) is 0. The van der Waals surface area contributed by atoms with Crippen LogP contribution in [-0.2, 0) is 0 Å². The maximum absolute atomic E-state index is 8.69. The number of rotatable bonds is 4. The van der Waals surface area contributed by atoms with Crippen molar-refractivity contribution in [3.05, 3.63) is 72.1 Å². The molecule has 0 saturated heterocycles. The second-order valence-electron chi connectivity index (χ2n) is 11.4. The lowest BCUT2D eigenvalue weighted by Crippen LogP contribution is -2.43. The van der Waals surface area contributed by atoms with Crippen LogP contribution in [0.3, 0.4) is 0 Å². The molecule has 3 aliphatic rings. The largest absolute Gasteiger partial charge is 0.506 e. The van der Waals surface area contributed by atoms with E-state index in [-0.39, 0.29) is 11.9 Å². The van der Waals surface area contributed by atoms with E-state index >= 15 is 0 Å². The van der Waals surface area contributed by atoms with Crippen molar-refractivity contribution in [2.75, 3.05) is 0 Å². The number of aliphatic hydroxyl groups excluding tert-OH is 1. The summed E-state index contributed by atoms with van der Waals surface area (Å²) in [6, 6.07) is 11.6. The van der Waals surface area contributed by atoms with E-state index in [0.29, 0.717) is 18.2 Å². The maximum Gasteiger partial charge on any atom is 0.138 e. The number of aromatic nitrogens is 3. The number of aryl methyl sites for hydroxylation is 3. The zero-order valence-corrected chi connectivity index (χ0v) is 24.5. The molecule has 3 fully saturated rings. The van der Waals surface area contributed by atoms with Gasteiger partial charge in [0.15, 0.2) is 0 Å². The zero-order valence-electron chi connectivity index (χ0n) is 24.5. The van der Waals surface area contributed by atoms with E-state index in [1.165, 1.54) is 19.0 Å². The summed E-state index contributed by atoms with van der Waals surface area (Å²) in [4.78, 5) is 12.2. The van der Waals surface area contributed by atoms with Crippen molar-refractivity contribution in [1.82, 2.24) is 15.0 Å². The van der Waals surface area contributed by atoms with Gasteiger partial charge in [0, 0.05) is 23.1 Å². The van der Waals surface area contributed by atoms with Crippen LogP contribution in [0, 0.1) is 32.6 Å². The summed E-state index contributed by atoms with van der Waals surface area (Å²) in [5.74, 6) is 3.60. The van der Waals surface area contributed by atoms with Gasteiger partial charge < -0.3 is 25.4 Å². The molecule has 0 aliphatic heterocycles. The SMILES string of the molecule is CC1CC(O)C1.Cc1ccc(O)cn1.Cc1ccc(OC2CC(C)C2)cn1.Cc1ccc(OC2CC(N)C2)cn1. The minimum atomic E-state index is 0.0417. The number of hydrogen-bond acceptors (Lipinski definition) is 8. The third-order valence-corrected chi connectivity index (χ3v) is 7.08. The average molecular weight is 551 g/mol. The molecule has 3 aromatic rings. The highest BCUT2D eigenvalue weighted by atomic mass is 16.5. The lowest BCUT2D eigenvalue weighted by Gasteiger charge is -2.32. The summed E-state index contributed by atoms with van der Waals surface area (Å²) in [5, 5.41) is 17.3. The molecule has 0 radical (unpaired) electrons. The molecule has 3 saturated carbocycles. The lowest BCUT2D eigenvalue weighted by molar-refractivity contribution is 0.0513. The Morgan fingerprint density at radius 1 is 0.650 bits per heavy atom. The van der Waals surface area contributed by atoms with E-state index in [4.69, 9.17) is 25.4 Å². The quantitative estimate of drug-likeness (QED) is 0.378. The zero-order chi connectivity index (χ0) is 29.1. The number of ether oxygens (including phenoxy) is 2. The van der Waals surface area contributed by atoms with Gasteiger partial charge in [-0.3, -0.25) is 15.0 Å². The van der Waals surface area contributed by atoms with Gasteiger partial charge in [0.25, 0.3) is 0 Å². The van der Waals surface area contributed by atoms with E-state index < -0.39 is 0 Å². The van der Waals surface area contributed by atoms with E-state index in [1.54, 1.807) is 24.5 Å². The highest BCUT2D eigenvalue weighted by molar-refractivity contribution is 5.20. The topological polar surface area (TPSA) is 124 Å². The molecule has 0 atom stereocenters. The predicted octanol–water partition coefficient (Wildman–Crippen LogP) is 5.70. The van der Waals surface area contributed by atoms with Crippen LogP contribution in [0.5, 0.6) is 17.2 Å². The van der Waals surface area contributed by atoms with Crippen LogP contribution in [0.25, 0.3) is 0 Å². The maximum atomic E-state index is 8.69. The molecule has 8 heteroatoms. The number of aromatic hydroxyl groups is 1. The smallest absolute Gasteiger partial charge is 0.138 e. The number of nitrogens with zero attached hydrogens (tertiary/aromatic N) is 3. The van der Waals surface area contributed by atoms with Crippen molar-refractivity contribution in [3.8, 4) is 17.2 Å². The van der Waals surface area contributed by atoms with Gasteiger partial charge in [0.2, 0.25) is 0 Å². The molecule has 0 spiro atoms. The van der Waals surface area contributed by atoms with E-state index in [1.807, 2.05) is 45.0 Å². The van der Waals surface area contributed by atoms with Crippen LogP contribution in [-0.4, -0.2) is 49.5 Å². The van der Waals surface area contributed by atoms with E-state index in [2.05, 4.69) is 28.8 Å². The average Bonchev–Trinajstić information content (AvgIpc) is 2.87. The Morgan fingerprint density at radius 2 is 1.07 bits per heavy atom. The van der Waals surface area contributed by atoms with Crippen molar-refractivity contribution in [2.24, 2.45) is 17.6 Å². The second kappa shape index (κ2) is 15.5. The van der Waals surface area contributed by atoms with Crippen LogP contribution >= 0.6 is 0 Å². The fourth-order valence-electron chi connectivity index (χ4n) is 4.38. The Morgan fingerprint density at radius 3 is 1.35 bits per heavy atom. The Bertz CT molecular complexity index is 1020. The van der Waals surface area contributed by atoms with Crippen molar-refractivity contribution in [2.45, 2.75) is 97.5 Å². The molecule has 3 aliphatic carbocycles. The molecule has 0 amide bonds. The van der Waals surface area contributed by atoms with E-state index in [9.17, 15) is 0 Å². The summed E-state index contributed by atoms with van der Waals surface area (Å²) in [5.41, 5.74) is 8.62. The van der Waals surface area contributed by atoms with Crippen LogP contribution < -0.4 is 15.2 Å². The first-order valence-corrected chi connectivity index (χ1v) is 14.3. The minimum absolute atomic E-state index is 0.0417. The summed E-state index contributed by atoms with van der Waals surface area (Å²) < 4.78 is 11.3. The van der Waals surface area contributed by atoms with Crippen molar-refractivity contribution >= 4 is 0 Å². The third-order valence-electron chi connectivity index (χ3n) is 7.08. The molecule has 3 heterocycles.